The number of hydrogen-bond donors (Lipinski definition) is 1. The number of hydrogen-bond acceptors (Lipinski definition) is 6. The van der Waals surface area contributed by atoms with Crippen LogP contribution in [0.2, 0.25) is 0 Å². The van der Waals surface area contributed by atoms with E-state index >= 15 is 0 Å². The molecule has 1 aromatic heterocycles. The SMILES string of the molecule is COc1cc([N+](=O)[O-])ccc1NC(=O)c1cccn(OCc2ccccc2)c1=O. The number of amides is 1. The fourth-order valence-corrected chi connectivity index (χ4v) is 2.55. The predicted octanol–water partition coefficient (Wildman–Crippen LogP) is 2.65. The highest BCUT2D eigenvalue weighted by atomic mass is 16.7. The molecule has 0 aliphatic carbocycles. The maximum absolute atomic E-state index is 12.6. The second kappa shape index (κ2) is 8.70. The Bertz CT molecular complexity index is 1090. The Labute approximate surface area is 165 Å². The summed E-state index contributed by atoms with van der Waals surface area (Å²) in [4.78, 5) is 40.9. The van der Waals surface area contributed by atoms with Crippen molar-refractivity contribution >= 4 is 17.3 Å². The van der Waals surface area contributed by atoms with Gasteiger partial charge in [0, 0.05) is 12.3 Å². The van der Waals surface area contributed by atoms with Crippen LogP contribution in [0, 0.1) is 10.1 Å². The summed E-state index contributed by atoms with van der Waals surface area (Å²) in [5.74, 6) is -0.594. The van der Waals surface area contributed by atoms with Crippen LogP contribution in [0.1, 0.15) is 15.9 Å². The lowest BCUT2D eigenvalue weighted by molar-refractivity contribution is -0.384. The van der Waals surface area contributed by atoms with Crippen molar-refractivity contribution in [1.82, 2.24) is 4.73 Å². The average molecular weight is 395 g/mol. The molecule has 9 heteroatoms. The van der Waals surface area contributed by atoms with Crippen molar-refractivity contribution in [2.24, 2.45) is 0 Å². The molecular formula is C20H17N3O6. The zero-order chi connectivity index (χ0) is 20.8. The zero-order valence-corrected chi connectivity index (χ0v) is 15.4. The molecule has 0 unspecified atom stereocenters. The van der Waals surface area contributed by atoms with Crippen LogP contribution in [0.25, 0.3) is 0 Å². The van der Waals surface area contributed by atoms with Gasteiger partial charge in [0.2, 0.25) is 0 Å². The zero-order valence-electron chi connectivity index (χ0n) is 15.4. The Kier molecular flexibility index (Phi) is 5.88. The van der Waals surface area contributed by atoms with Crippen LogP contribution in [0.3, 0.4) is 0 Å². The molecule has 2 aromatic carbocycles. The number of anilines is 1. The van der Waals surface area contributed by atoms with Gasteiger partial charge in [-0.1, -0.05) is 30.3 Å². The average Bonchev–Trinajstić information content (AvgIpc) is 2.73. The number of aromatic nitrogens is 1. The van der Waals surface area contributed by atoms with E-state index in [0.717, 1.165) is 10.3 Å². The number of carbonyl (C=O) groups is 1. The molecule has 1 heterocycles. The third-order valence-corrected chi connectivity index (χ3v) is 4.02. The molecule has 0 spiro atoms. The predicted molar refractivity (Wildman–Crippen MR) is 105 cm³/mol. The first kappa shape index (κ1) is 19.6. The minimum Gasteiger partial charge on any atom is -0.494 e. The molecular weight excluding hydrogens is 378 g/mol. The van der Waals surface area contributed by atoms with Gasteiger partial charge in [-0.2, -0.15) is 4.73 Å². The Morgan fingerprint density at radius 2 is 1.90 bits per heavy atom. The maximum Gasteiger partial charge on any atom is 0.295 e. The molecule has 1 N–H and O–H groups in total. The van der Waals surface area contributed by atoms with Gasteiger partial charge >= 0.3 is 0 Å². The lowest BCUT2D eigenvalue weighted by atomic mass is 10.2. The van der Waals surface area contributed by atoms with E-state index in [1.807, 2.05) is 30.3 Å². The van der Waals surface area contributed by atoms with Crippen LogP contribution in [-0.2, 0) is 6.61 Å². The Hall–Kier alpha value is -4.14. The number of pyridine rings is 1. The highest BCUT2D eigenvalue weighted by molar-refractivity contribution is 6.04. The third-order valence-electron chi connectivity index (χ3n) is 4.02. The number of nitrogens with one attached hydrogen (secondary N) is 1. The van der Waals surface area contributed by atoms with Gasteiger partial charge in [0.15, 0.2) is 0 Å². The van der Waals surface area contributed by atoms with E-state index in [1.165, 1.54) is 43.6 Å². The molecule has 0 fully saturated rings. The number of nitrogens with zero attached hydrogens (tertiary/aromatic N) is 2. The maximum atomic E-state index is 12.6. The largest absolute Gasteiger partial charge is 0.494 e. The summed E-state index contributed by atoms with van der Waals surface area (Å²) < 4.78 is 6.07. The molecule has 0 aliphatic heterocycles. The summed E-state index contributed by atoms with van der Waals surface area (Å²) in [6.45, 7) is 0.155. The fraction of sp³-hybridized carbons (Fsp3) is 0.100. The molecule has 0 saturated carbocycles. The second-order valence-corrected chi connectivity index (χ2v) is 5.91. The van der Waals surface area contributed by atoms with Crippen molar-refractivity contribution in [3.05, 3.63) is 98.5 Å². The number of nitro benzene ring substituents is 1. The molecule has 3 rings (SSSR count). The monoisotopic (exact) mass is 395 g/mol. The lowest BCUT2D eigenvalue weighted by Crippen LogP contribution is -2.32. The summed E-state index contributed by atoms with van der Waals surface area (Å²) in [5.41, 5.74) is 0.0898. The van der Waals surface area contributed by atoms with Crippen molar-refractivity contribution in [3.8, 4) is 5.75 Å². The first-order valence-electron chi connectivity index (χ1n) is 8.52. The van der Waals surface area contributed by atoms with Crippen LogP contribution >= 0.6 is 0 Å². The van der Waals surface area contributed by atoms with Crippen LogP contribution in [0.4, 0.5) is 11.4 Å². The number of benzene rings is 2. The normalized spacial score (nSPS) is 10.2. The van der Waals surface area contributed by atoms with Crippen molar-refractivity contribution in [3.63, 3.8) is 0 Å². The van der Waals surface area contributed by atoms with E-state index < -0.39 is 16.4 Å². The highest BCUT2D eigenvalue weighted by Gasteiger charge is 2.17. The van der Waals surface area contributed by atoms with Gasteiger partial charge in [-0.15, -0.1) is 0 Å². The van der Waals surface area contributed by atoms with Crippen LogP contribution in [0.15, 0.2) is 71.7 Å². The quantitative estimate of drug-likeness (QED) is 0.486. The van der Waals surface area contributed by atoms with E-state index in [1.54, 1.807) is 0 Å². The van der Waals surface area contributed by atoms with Crippen molar-refractivity contribution in [2.75, 3.05) is 12.4 Å². The van der Waals surface area contributed by atoms with E-state index in [4.69, 9.17) is 9.57 Å². The standard InChI is InChI=1S/C20H17N3O6/c1-28-18-12-15(23(26)27)9-10-17(18)21-19(24)16-8-5-11-22(20(16)25)29-13-14-6-3-2-4-7-14/h2-12H,13H2,1H3,(H,21,24). The molecule has 0 radical (unpaired) electrons. The van der Waals surface area contributed by atoms with Crippen LogP contribution < -0.4 is 20.5 Å². The van der Waals surface area contributed by atoms with Crippen molar-refractivity contribution < 1.29 is 19.3 Å². The van der Waals surface area contributed by atoms with E-state index in [-0.39, 0.29) is 29.3 Å². The molecule has 148 valence electrons. The summed E-state index contributed by atoms with van der Waals surface area (Å²) in [6.07, 6.45) is 1.41. The highest BCUT2D eigenvalue weighted by Crippen LogP contribution is 2.29. The third kappa shape index (κ3) is 4.59. The van der Waals surface area contributed by atoms with E-state index in [2.05, 4.69) is 5.32 Å². The van der Waals surface area contributed by atoms with Gasteiger partial charge in [0.25, 0.3) is 17.2 Å². The summed E-state index contributed by atoms with van der Waals surface area (Å²) in [6, 6.07) is 15.9. The van der Waals surface area contributed by atoms with Gasteiger partial charge in [0.1, 0.15) is 17.9 Å². The molecule has 0 saturated heterocycles. The number of rotatable bonds is 7. The van der Waals surface area contributed by atoms with Crippen LogP contribution in [0.5, 0.6) is 5.75 Å². The summed E-state index contributed by atoms with van der Waals surface area (Å²) in [5, 5.41) is 13.4. The molecule has 0 bridgehead atoms. The first-order valence-corrected chi connectivity index (χ1v) is 8.52. The Balaban J connectivity index is 1.79. The van der Waals surface area contributed by atoms with E-state index in [0.29, 0.717) is 0 Å². The lowest BCUT2D eigenvalue weighted by Gasteiger charge is -2.12. The Morgan fingerprint density at radius 1 is 1.14 bits per heavy atom. The van der Waals surface area contributed by atoms with Crippen molar-refractivity contribution in [2.45, 2.75) is 6.61 Å². The second-order valence-electron chi connectivity index (χ2n) is 5.91. The summed E-state index contributed by atoms with van der Waals surface area (Å²) >= 11 is 0. The molecule has 3 aromatic rings. The molecule has 1 amide bonds. The number of methoxy groups -OCH3 is 1. The molecule has 9 nitrogen and oxygen atoms in total. The number of nitro groups is 1. The minimum absolute atomic E-state index is 0.101. The first-order chi connectivity index (χ1) is 14.0. The van der Waals surface area contributed by atoms with Gasteiger partial charge in [-0.3, -0.25) is 19.7 Å². The fourth-order valence-electron chi connectivity index (χ4n) is 2.55. The molecule has 0 atom stereocenters. The number of non-ortho nitro benzene ring substituents is 1. The van der Waals surface area contributed by atoms with E-state index in [9.17, 15) is 19.7 Å². The number of ether oxygens (including phenoxy) is 1. The smallest absolute Gasteiger partial charge is 0.295 e. The van der Waals surface area contributed by atoms with Gasteiger partial charge in [0.05, 0.1) is 23.8 Å². The minimum atomic E-state index is -0.695. The molecule has 0 aliphatic rings. The van der Waals surface area contributed by atoms with Gasteiger partial charge in [-0.05, 0) is 23.8 Å². The Morgan fingerprint density at radius 3 is 2.59 bits per heavy atom. The van der Waals surface area contributed by atoms with Crippen LogP contribution in [-0.4, -0.2) is 22.7 Å². The summed E-state index contributed by atoms with van der Waals surface area (Å²) in [7, 11) is 1.32. The number of carbonyl (C=O) groups excluding carboxylic acids is 1. The molecule has 29 heavy (non-hydrogen) atoms. The topological polar surface area (TPSA) is 113 Å². The van der Waals surface area contributed by atoms with Gasteiger partial charge < -0.3 is 14.9 Å². The van der Waals surface area contributed by atoms with Crippen molar-refractivity contribution in [1.29, 1.82) is 0 Å². The van der Waals surface area contributed by atoms with Gasteiger partial charge in [-0.25, -0.2) is 0 Å².